The molecular weight excluding hydrogens is 347 g/mol. The minimum atomic E-state index is -4.48. The molecule has 0 aliphatic carbocycles. The Labute approximate surface area is 151 Å². The summed E-state index contributed by atoms with van der Waals surface area (Å²) in [6, 6.07) is 0.999. The van der Waals surface area contributed by atoms with Gasteiger partial charge in [-0.15, -0.1) is 0 Å². The van der Waals surface area contributed by atoms with Crippen molar-refractivity contribution in [3.63, 3.8) is 0 Å². The molecule has 0 bridgehead atoms. The molecule has 1 aromatic rings. The number of morpholine rings is 1. The van der Waals surface area contributed by atoms with Crippen LogP contribution in [0.5, 0.6) is 0 Å². The first-order valence-electron chi connectivity index (χ1n) is 9.01. The highest BCUT2D eigenvalue weighted by Crippen LogP contribution is 2.32. The van der Waals surface area contributed by atoms with Gasteiger partial charge >= 0.3 is 6.18 Å². The van der Waals surface area contributed by atoms with Crippen LogP contribution in [0.15, 0.2) is 6.07 Å². The van der Waals surface area contributed by atoms with Gasteiger partial charge in [-0.2, -0.15) is 18.2 Å². The van der Waals surface area contributed by atoms with E-state index in [4.69, 9.17) is 4.74 Å². The normalized spacial score (nSPS) is 22.5. The van der Waals surface area contributed by atoms with Gasteiger partial charge < -0.3 is 14.5 Å². The number of piperidine rings is 1. The third-order valence-corrected chi connectivity index (χ3v) is 4.87. The van der Waals surface area contributed by atoms with Gasteiger partial charge in [0.1, 0.15) is 5.82 Å². The molecule has 2 aliphatic rings. The molecule has 0 spiro atoms. The molecule has 0 N–H and O–H groups in total. The van der Waals surface area contributed by atoms with E-state index >= 15 is 0 Å². The molecule has 0 saturated carbocycles. The maximum Gasteiger partial charge on any atom is 0.433 e. The lowest BCUT2D eigenvalue weighted by atomic mass is 9.97. The van der Waals surface area contributed by atoms with E-state index in [2.05, 4.69) is 14.9 Å². The lowest BCUT2D eigenvalue weighted by molar-refractivity contribution is -0.141. The zero-order chi connectivity index (χ0) is 18.7. The average Bonchev–Trinajstić information content (AvgIpc) is 2.61. The third kappa shape index (κ3) is 4.76. The summed E-state index contributed by atoms with van der Waals surface area (Å²) >= 11 is 0. The van der Waals surface area contributed by atoms with E-state index in [0.717, 1.165) is 51.8 Å². The number of anilines is 2. The first-order chi connectivity index (χ1) is 12.3. The Bertz CT molecular complexity index is 605. The first-order valence-corrected chi connectivity index (χ1v) is 9.01. The van der Waals surface area contributed by atoms with Crippen LogP contribution in [0.3, 0.4) is 0 Å². The van der Waals surface area contributed by atoms with E-state index in [9.17, 15) is 13.2 Å². The largest absolute Gasteiger partial charge is 0.433 e. The van der Waals surface area contributed by atoms with Crippen LogP contribution in [0.25, 0.3) is 0 Å². The number of aromatic nitrogens is 2. The molecule has 2 fully saturated rings. The predicted octanol–water partition coefficient (Wildman–Crippen LogP) is 2.11. The van der Waals surface area contributed by atoms with Crippen molar-refractivity contribution < 1.29 is 17.9 Å². The van der Waals surface area contributed by atoms with Gasteiger partial charge in [-0.3, -0.25) is 4.90 Å². The van der Waals surface area contributed by atoms with Crippen molar-refractivity contribution in [1.29, 1.82) is 0 Å². The van der Waals surface area contributed by atoms with Crippen LogP contribution in [0.4, 0.5) is 24.9 Å². The summed E-state index contributed by atoms with van der Waals surface area (Å²) in [4.78, 5) is 14.0. The standard InChI is InChI=1S/C17H26F3N5O/c1-23(2)15-10-14(17(18,19)20)21-16(22-15)25-5-3-4-13(12-25)11-24-6-8-26-9-7-24/h10,13H,3-9,11-12H2,1-2H3/t13-/m1/s1. The van der Waals surface area contributed by atoms with Gasteiger partial charge in [-0.25, -0.2) is 4.98 Å². The van der Waals surface area contributed by atoms with Crippen LogP contribution in [-0.2, 0) is 10.9 Å². The molecular formula is C17H26F3N5O. The number of halogens is 3. The molecule has 0 unspecified atom stereocenters. The van der Waals surface area contributed by atoms with E-state index in [-0.39, 0.29) is 11.8 Å². The van der Waals surface area contributed by atoms with E-state index in [1.54, 1.807) is 19.0 Å². The minimum Gasteiger partial charge on any atom is -0.379 e. The SMILES string of the molecule is CN(C)c1cc(C(F)(F)F)nc(N2CCC[C@H](CN3CCOCC3)C2)n1. The van der Waals surface area contributed by atoms with E-state index in [1.807, 2.05) is 4.90 Å². The molecule has 2 aliphatic heterocycles. The van der Waals surface area contributed by atoms with Gasteiger partial charge in [-0.05, 0) is 18.8 Å². The van der Waals surface area contributed by atoms with Crippen LogP contribution >= 0.6 is 0 Å². The van der Waals surface area contributed by atoms with Crippen molar-refractivity contribution in [3.05, 3.63) is 11.8 Å². The van der Waals surface area contributed by atoms with Gasteiger partial charge in [0.2, 0.25) is 5.95 Å². The van der Waals surface area contributed by atoms with Gasteiger partial charge in [0, 0.05) is 52.9 Å². The second kappa shape index (κ2) is 7.96. The van der Waals surface area contributed by atoms with Crippen LogP contribution in [0, 0.1) is 5.92 Å². The fraction of sp³-hybridized carbons (Fsp3) is 0.765. The van der Waals surface area contributed by atoms with Crippen LogP contribution in [0.1, 0.15) is 18.5 Å². The Kier molecular flexibility index (Phi) is 5.86. The molecule has 0 aromatic carbocycles. The Morgan fingerprint density at radius 3 is 2.58 bits per heavy atom. The zero-order valence-corrected chi connectivity index (χ0v) is 15.3. The second-order valence-electron chi connectivity index (χ2n) is 7.17. The van der Waals surface area contributed by atoms with Crippen molar-refractivity contribution >= 4 is 11.8 Å². The lowest BCUT2D eigenvalue weighted by Crippen LogP contribution is -2.45. The average molecular weight is 373 g/mol. The fourth-order valence-electron chi connectivity index (χ4n) is 3.48. The summed E-state index contributed by atoms with van der Waals surface area (Å²) in [7, 11) is 3.37. The number of nitrogens with zero attached hydrogens (tertiary/aromatic N) is 5. The highest BCUT2D eigenvalue weighted by Gasteiger charge is 2.35. The van der Waals surface area contributed by atoms with Gasteiger partial charge in [0.05, 0.1) is 13.2 Å². The fourth-order valence-corrected chi connectivity index (χ4v) is 3.48. The van der Waals surface area contributed by atoms with Crippen LogP contribution in [-0.4, -0.2) is 74.9 Å². The number of hydrogen-bond acceptors (Lipinski definition) is 6. The second-order valence-corrected chi connectivity index (χ2v) is 7.17. The molecule has 3 rings (SSSR count). The third-order valence-electron chi connectivity index (χ3n) is 4.87. The lowest BCUT2D eigenvalue weighted by Gasteiger charge is -2.37. The number of alkyl halides is 3. The summed E-state index contributed by atoms with van der Waals surface area (Å²) in [5.41, 5.74) is -0.887. The minimum absolute atomic E-state index is 0.176. The monoisotopic (exact) mass is 373 g/mol. The molecule has 146 valence electrons. The molecule has 6 nitrogen and oxygen atoms in total. The molecule has 0 amide bonds. The van der Waals surface area contributed by atoms with Crippen molar-refractivity contribution in [2.75, 3.05) is 69.8 Å². The highest BCUT2D eigenvalue weighted by atomic mass is 19.4. The maximum atomic E-state index is 13.2. The molecule has 3 heterocycles. The van der Waals surface area contributed by atoms with Crippen molar-refractivity contribution in [3.8, 4) is 0 Å². The van der Waals surface area contributed by atoms with Crippen LogP contribution in [0.2, 0.25) is 0 Å². The highest BCUT2D eigenvalue weighted by molar-refractivity contribution is 5.45. The number of rotatable bonds is 4. The van der Waals surface area contributed by atoms with Crippen molar-refractivity contribution in [2.24, 2.45) is 5.92 Å². The molecule has 26 heavy (non-hydrogen) atoms. The van der Waals surface area contributed by atoms with Crippen LogP contribution < -0.4 is 9.80 Å². The zero-order valence-electron chi connectivity index (χ0n) is 15.3. The molecule has 0 radical (unpaired) electrons. The first kappa shape index (κ1) is 19.2. The summed E-state index contributed by atoms with van der Waals surface area (Å²) in [6.07, 6.45) is -2.47. The topological polar surface area (TPSA) is 44.7 Å². The van der Waals surface area contributed by atoms with Crippen molar-refractivity contribution in [2.45, 2.75) is 19.0 Å². The molecule has 9 heteroatoms. The molecule has 1 atom stereocenters. The Balaban J connectivity index is 1.75. The van der Waals surface area contributed by atoms with Crippen molar-refractivity contribution in [1.82, 2.24) is 14.9 Å². The van der Waals surface area contributed by atoms with Gasteiger partial charge in [-0.1, -0.05) is 0 Å². The summed E-state index contributed by atoms with van der Waals surface area (Å²) in [5.74, 6) is 0.857. The number of ether oxygens (including phenoxy) is 1. The van der Waals surface area contributed by atoms with Gasteiger partial charge in [0.15, 0.2) is 5.69 Å². The van der Waals surface area contributed by atoms with E-state index < -0.39 is 11.9 Å². The summed E-state index contributed by atoms with van der Waals surface area (Å²) < 4.78 is 45.0. The Morgan fingerprint density at radius 1 is 1.19 bits per heavy atom. The van der Waals surface area contributed by atoms with Gasteiger partial charge in [0.25, 0.3) is 0 Å². The summed E-state index contributed by atoms with van der Waals surface area (Å²) in [5, 5.41) is 0. The smallest absolute Gasteiger partial charge is 0.379 e. The quantitative estimate of drug-likeness (QED) is 0.806. The molecule has 2 saturated heterocycles. The Hall–Kier alpha value is -1.61. The maximum absolute atomic E-state index is 13.2. The van der Waals surface area contributed by atoms with E-state index in [1.165, 1.54) is 0 Å². The number of hydrogen-bond donors (Lipinski definition) is 0. The predicted molar refractivity (Wildman–Crippen MR) is 93.6 cm³/mol. The van der Waals surface area contributed by atoms with E-state index in [0.29, 0.717) is 19.0 Å². The Morgan fingerprint density at radius 2 is 1.92 bits per heavy atom. The molecule has 1 aromatic heterocycles. The summed E-state index contributed by atoms with van der Waals surface area (Å²) in [6.45, 7) is 5.65.